The van der Waals surface area contributed by atoms with Crippen molar-refractivity contribution in [1.82, 2.24) is 16.2 Å². The molecule has 0 atom stereocenters. The molecule has 0 fully saturated rings. The van der Waals surface area contributed by atoms with Gasteiger partial charge in [0.05, 0.1) is 0 Å². The van der Waals surface area contributed by atoms with E-state index in [0.717, 1.165) is 11.3 Å². The first kappa shape index (κ1) is 21.2. The number of hydrogen-bond donors (Lipinski definition) is 3. The summed E-state index contributed by atoms with van der Waals surface area (Å²) in [5.74, 6) is -0.765. The van der Waals surface area contributed by atoms with E-state index in [1.807, 2.05) is 70.1 Å². The van der Waals surface area contributed by atoms with Crippen molar-refractivity contribution in [3.63, 3.8) is 0 Å². The standard InChI is InChI=1S/C22H28N4O2/c1-22(2,3)25-24-21(28)19(23-20(27)17-9-7-6-8-10-17)15-16-11-13-18(14-12-16)26(4)5/h6-15,25H,1-5H3,(H,23,27)(H,24,28)/b19-15-. The fraction of sp³-hybridized carbons (Fsp3) is 0.273. The summed E-state index contributed by atoms with van der Waals surface area (Å²) in [5.41, 5.74) is 7.76. The Labute approximate surface area is 166 Å². The van der Waals surface area contributed by atoms with Crippen LogP contribution in [-0.2, 0) is 4.79 Å². The Kier molecular flexibility index (Phi) is 6.95. The summed E-state index contributed by atoms with van der Waals surface area (Å²) in [6.45, 7) is 5.79. The number of hydrogen-bond acceptors (Lipinski definition) is 4. The van der Waals surface area contributed by atoms with Gasteiger partial charge in [0.2, 0.25) is 0 Å². The maximum Gasteiger partial charge on any atom is 0.281 e. The molecule has 2 rings (SSSR count). The van der Waals surface area contributed by atoms with E-state index >= 15 is 0 Å². The lowest BCUT2D eigenvalue weighted by molar-refractivity contribution is -0.119. The first-order valence-electron chi connectivity index (χ1n) is 9.09. The zero-order chi connectivity index (χ0) is 20.7. The van der Waals surface area contributed by atoms with Crippen LogP contribution in [0.5, 0.6) is 0 Å². The number of rotatable bonds is 6. The minimum absolute atomic E-state index is 0.156. The minimum Gasteiger partial charge on any atom is -0.378 e. The summed E-state index contributed by atoms with van der Waals surface area (Å²) in [4.78, 5) is 27.2. The van der Waals surface area contributed by atoms with Crippen LogP contribution in [0.1, 0.15) is 36.7 Å². The molecule has 0 saturated carbocycles. The topological polar surface area (TPSA) is 73.5 Å². The Morgan fingerprint density at radius 1 is 0.929 bits per heavy atom. The average Bonchev–Trinajstić information content (AvgIpc) is 2.66. The number of benzene rings is 2. The predicted octanol–water partition coefficient (Wildman–Crippen LogP) is 2.94. The number of carbonyl (C=O) groups excluding carboxylic acids is 2. The van der Waals surface area contributed by atoms with E-state index < -0.39 is 5.91 Å². The maximum atomic E-state index is 12.7. The van der Waals surface area contributed by atoms with Crippen molar-refractivity contribution in [1.29, 1.82) is 0 Å². The first-order chi connectivity index (χ1) is 13.2. The number of anilines is 1. The van der Waals surface area contributed by atoms with Gasteiger partial charge >= 0.3 is 0 Å². The number of carbonyl (C=O) groups is 2. The number of nitrogens with one attached hydrogen (secondary N) is 3. The van der Waals surface area contributed by atoms with Gasteiger partial charge in [0.25, 0.3) is 11.8 Å². The van der Waals surface area contributed by atoms with Crippen molar-refractivity contribution in [2.24, 2.45) is 0 Å². The summed E-state index contributed by atoms with van der Waals surface area (Å²) in [6, 6.07) is 16.5. The van der Waals surface area contributed by atoms with Gasteiger partial charge in [0.15, 0.2) is 0 Å². The Balaban J connectivity index is 2.26. The summed E-state index contributed by atoms with van der Waals surface area (Å²) < 4.78 is 0. The zero-order valence-corrected chi connectivity index (χ0v) is 17.0. The third-order valence-corrected chi connectivity index (χ3v) is 3.80. The second-order valence-corrected chi connectivity index (χ2v) is 7.69. The largest absolute Gasteiger partial charge is 0.378 e. The molecule has 0 aliphatic heterocycles. The van der Waals surface area contributed by atoms with Crippen molar-refractivity contribution < 1.29 is 9.59 Å². The fourth-order valence-corrected chi connectivity index (χ4v) is 2.29. The molecule has 6 nitrogen and oxygen atoms in total. The van der Waals surface area contributed by atoms with Gasteiger partial charge in [-0.15, -0.1) is 0 Å². The molecule has 28 heavy (non-hydrogen) atoms. The van der Waals surface area contributed by atoms with Gasteiger partial charge in [-0.05, 0) is 56.7 Å². The molecule has 0 aliphatic rings. The van der Waals surface area contributed by atoms with Crippen molar-refractivity contribution >= 4 is 23.6 Å². The first-order valence-corrected chi connectivity index (χ1v) is 9.09. The zero-order valence-electron chi connectivity index (χ0n) is 17.0. The average molecular weight is 380 g/mol. The molecule has 6 heteroatoms. The van der Waals surface area contributed by atoms with E-state index in [1.165, 1.54) is 0 Å². The lowest BCUT2D eigenvalue weighted by Gasteiger charge is -2.21. The van der Waals surface area contributed by atoms with Gasteiger partial charge in [-0.2, -0.15) is 0 Å². The van der Waals surface area contributed by atoms with Crippen LogP contribution in [0.4, 0.5) is 5.69 Å². The lowest BCUT2D eigenvalue weighted by Crippen LogP contribution is -2.50. The molecule has 0 aromatic heterocycles. The van der Waals surface area contributed by atoms with Crippen LogP contribution in [-0.4, -0.2) is 31.4 Å². The Morgan fingerprint density at radius 3 is 2.07 bits per heavy atom. The molecular formula is C22H28N4O2. The Morgan fingerprint density at radius 2 is 1.54 bits per heavy atom. The fourth-order valence-electron chi connectivity index (χ4n) is 2.29. The molecule has 2 aromatic carbocycles. The third kappa shape index (κ3) is 6.55. The molecule has 2 amide bonds. The maximum absolute atomic E-state index is 12.7. The molecule has 0 aliphatic carbocycles. The highest BCUT2D eigenvalue weighted by Crippen LogP contribution is 2.14. The van der Waals surface area contributed by atoms with E-state index in [0.29, 0.717) is 5.56 Å². The molecule has 0 unspecified atom stereocenters. The van der Waals surface area contributed by atoms with Crippen LogP contribution in [0.3, 0.4) is 0 Å². The molecule has 0 radical (unpaired) electrons. The molecular weight excluding hydrogens is 352 g/mol. The summed E-state index contributed by atoms with van der Waals surface area (Å²) in [6.07, 6.45) is 1.65. The Bertz CT molecular complexity index is 835. The normalized spacial score (nSPS) is 11.7. The second kappa shape index (κ2) is 9.19. The molecule has 148 valence electrons. The van der Waals surface area contributed by atoms with Crippen molar-refractivity contribution in [2.45, 2.75) is 26.3 Å². The van der Waals surface area contributed by atoms with Crippen LogP contribution in [0.15, 0.2) is 60.3 Å². The van der Waals surface area contributed by atoms with Gasteiger partial charge in [0.1, 0.15) is 5.70 Å². The number of hydrazine groups is 1. The predicted molar refractivity (Wildman–Crippen MR) is 114 cm³/mol. The van der Waals surface area contributed by atoms with Crippen LogP contribution in [0.25, 0.3) is 6.08 Å². The van der Waals surface area contributed by atoms with Gasteiger partial charge < -0.3 is 10.2 Å². The van der Waals surface area contributed by atoms with Gasteiger partial charge in [0, 0.05) is 30.9 Å². The van der Waals surface area contributed by atoms with E-state index in [1.54, 1.807) is 30.3 Å². The van der Waals surface area contributed by atoms with Gasteiger partial charge in [-0.1, -0.05) is 30.3 Å². The van der Waals surface area contributed by atoms with Crippen molar-refractivity contribution in [2.75, 3.05) is 19.0 Å². The quantitative estimate of drug-likeness (QED) is 0.532. The summed E-state index contributed by atoms with van der Waals surface area (Å²) in [7, 11) is 3.92. The highest BCUT2D eigenvalue weighted by atomic mass is 16.2. The van der Waals surface area contributed by atoms with E-state index in [4.69, 9.17) is 0 Å². The minimum atomic E-state index is -0.420. The smallest absolute Gasteiger partial charge is 0.281 e. The molecule has 0 saturated heterocycles. The van der Waals surface area contributed by atoms with Crippen molar-refractivity contribution in [3.05, 3.63) is 71.4 Å². The summed E-state index contributed by atoms with van der Waals surface area (Å²) in [5, 5.41) is 2.71. The van der Waals surface area contributed by atoms with Crippen LogP contribution in [0.2, 0.25) is 0 Å². The molecule has 0 spiro atoms. The highest BCUT2D eigenvalue weighted by molar-refractivity contribution is 6.05. The molecule has 3 N–H and O–H groups in total. The van der Waals surface area contributed by atoms with Gasteiger partial charge in [-0.3, -0.25) is 15.0 Å². The lowest BCUT2D eigenvalue weighted by atomic mass is 10.1. The molecule has 2 aromatic rings. The number of amides is 2. The summed E-state index contributed by atoms with van der Waals surface area (Å²) >= 11 is 0. The van der Waals surface area contributed by atoms with E-state index in [2.05, 4.69) is 16.2 Å². The van der Waals surface area contributed by atoms with Crippen LogP contribution >= 0.6 is 0 Å². The monoisotopic (exact) mass is 380 g/mol. The second-order valence-electron chi connectivity index (χ2n) is 7.69. The SMILES string of the molecule is CN(C)c1ccc(/C=C(\NC(=O)c2ccccc2)C(=O)NNC(C)(C)C)cc1. The molecule has 0 bridgehead atoms. The van der Waals surface area contributed by atoms with Crippen LogP contribution in [0, 0.1) is 0 Å². The highest BCUT2D eigenvalue weighted by Gasteiger charge is 2.17. The third-order valence-electron chi connectivity index (χ3n) is 3.80. The van der Waals surface area contributed by atoms with Gasteiger partial charge in [-0.25, -0.2) is 5.43 Å². The Hall–Kier alpha value is -3.12. The van der Waals surface area contributed by atoms with Crippen molar-refractivity contribution in [3.8, 4) is 0 Å². The van der Waals surface area contributed by atoms with E-state index in [9.17, 15) is 9.59 Å². The number of nitrogens with zero attached hydrogens (tertiary/aromatic N) is 1. The van der Waals surface area contributed by atoms with E-state index in [-0.39, 0.29) is 17.1 Å². The van der Waals surface area contributed by atoms with Crippen LogP contribution < -0.4 is 21.1 Å². The molecule has 0 heterocycles.